The maximum Gasteiger partial charge on any atom is 0.255 e. The molecule has 0 aliphatic carbocycles. The van der Waals surface area contributed by atoms with Crippen LogP contribution in [-0.2, 0) is 11.3 Å². The maximum absolute atomic E-state index is 13.8. The Hall–Kier alpha value is -3.93. The second-order valence-electron chi connectivity index (χ2n) is 9.23. The lowest BCUT2D eigenvalue weighted by Gasteiger charge is -2.30. The van der Waals surface area contributed by atoms with Crippen molar-refractivity contribution in [2.45, 2.75) is 38.9 Å². The Labute approximate surface area is 199 Å². The molecular weight excluding hydrogens is 424 g/mol. The molecule has 1 aliphatic heterocycles. The number of nitrogens with zero attached hydrogens (tertiary/aromatic N) is 2. The molecule has 0 spiro atoms. The van der Waals surface area contributed by atoms with Gasteiger partial charge in [-0.25, -0.2) is 4.98 Å². The molecule has 0 bridgehead atoms. The van der Waals surface area contributed by atoms with E-state index in [1.54, 1.807) is 4.90 Å². The predicted molar refractivity (Wildman–Crippen MR) is 132 cm³/mol. The van der Waals surface area contributed by atoms with Gasteiger partial charge < -0.3 is 15.2 Å². The first-order chi connectivity index (χ1) is 16.5. The molecule has 0 saturated heterocycles. The number of benzene rings is 3. The fraction of sp³-hybridized carbons (Fsp3) is 0.250. The topological polar surface area (TPSA) is 78.1 Å². The lowest BCUT2D eigenvalue weighted by molar-refractivity contribution is -0.126. The summed E-state index contributed by atoms with van der Waals surface area (Å²) in [5.41, 5.74) is 4.33. The zero-order chi connectivity index (χ0) is 23.7. The van der Waals surface area contributed by atoms with Crippen molar-refractivity contribution in [2.75, 3.05) is 0 Å². The van der Waals surface area contributed by atoms with E-state index in [-0.39, 0.29) is 17.7 Å². The standard InChI is InChI=1S/C28H28N4O2/c1-18(2)16-24(32-17-20-12-6-7-13-21(20)28(32)34)27(33)31-25(19-10-4-3-5-11-19)26-29-22-14-8-9-15-23(22)30-26/h3-15,18,24-25H,16-17H2,1-2H3,(H,29,30)(H,31,33). The molecule has 2 heterocycles. The summed E-state index contributed by atoms with van der Waals surface area (Å²) in [5.74, 6) is 0.647. The van der Waals surface area contributed by atoms with E-state index in [4.69, 9.17) is 4.98 Å². The average molecular weight is 453 g/mol. The zero-order valence-electron chi connectivity index (χ0n) is 19.4. The third-order valence-corrected chi connectivity index (χ3v) is 6.32. The molecule has 5 rings (SSSR count). The van der Waals surface area contributed by atoms with Crippen molar-refractivity contribution in [3.05, 3.63) is 101 Å². The van der Waals surface area contributed by atoms with Crippen LogP contribution in [0.15, 0.2) is 78.9 Å². The Kier molecular flexibility index (Phi) is 5.88. The van der Waals surface area contributed by atoms with Crippen LogP contribution in [0, 0.1) is 5.92 Å². The summed E-state index contributed by atoms with van der Waals surface area (Å²) in [6, 6.07) is 24.2. The van der Waals surface area contributed by atoms with Crippen molar-refractivity contribution in [1.82, 2.24) is 20.2 Å². The first-order valence-electron chi connectivity index (χ1n) is 11.7. The van der Waals surface area contributed by atoms with E-state index >= 15 is 0 Å². The highest BCUT2D eigenvalue weighted by Gasteiger charge is 2.37. The Morgan fingerprint density at radius 3 is 2.44 bits per heavy atom. The normalized spacial score (nSPS) is 14.9. The number of carbonyl (C=O) groups is 2. The van der Waals surface area contributed by atoms with Crippen LogP contribution in [0.5, 0.6) is 0 Å². The number of amides is 2. The van der Waals surface area contributed by atoms with Crippen molar-refractivity contribution < 1.29 is 9.59 Å². The van der Waals surface area contributed by atoms with Crippen LogP contribution in [0.2, 0.25) is 0 Å². The van der Waals surface area contributed by atoms with Crippen molar-refractivity contribution in [3.63, 3.8) is 0 Å². The minimum Gasteiger partial charge on any atom is -0.340 e. The second-order valence-corrected chi connectivity index (χ2v) is 9.23. The molecule has 0 fully saturated rings. The van der Waals surface area contributed by atoms with E-state index in [1.165, 1.54) is 0 Å². The summed E-state index contributed by atoms with van der Waals surface area (Å²) >= 11 is 0. The molecule has 0 saturated carbocycles. The SMILES string of the molecule is CC(C)CC(C(=O)NC(c1ccccc1)c1nc2ccccc2[nH]1)N1Cc2ccccc2C1=O. The second kappa shape index (κ2) is 9.14. The lowest BCUT2D eigenvalue weighted by Crippen LogP contribution is -2.48. The number of fused-ring (bicyclic) bond motifs is 2. The molecule has 34 heavy (non-hydrogen) atoms. The van der Waals surface area contributed by atoms with E-state index in [2.05, 4.69) is 24.1 Å². The number of hydrogen-bond acceptors (Lipinski definition) is 3. The smallest absolute Gasteiger partial charge is 0.255 e. The van der Waals surface area contributed by atoms with Crippen molar-refractivity contribution >= 4 is 22.8 Å². The number of para-hydroxylation sites is 2. The first-order valence-corrected chi connectivity index (χ1v) is 11.7. The number of H-pyrrole nitrogens is 1. The monoisotopic (exact) mass is 452 g/mol. The van der Waals surface area contributed by atoms with E-state index < -0.39 is 12.1 Å². The maximum atomic E-state index is 13.8. The van der Waals surface area contributed by atoms with Crippen LogP contribution < -0.4 is 5.32 Å². The van der Waals surface area contributed by atoms with Gasteiger partial charge in [0.2, 0.25) is 5.91 Å². The fourth-order valence-corrected chi connectivity index (χ4v) is 4.65. The van der Waals surface area contributed by atoms with Gasteiger partial charge in [-0.15, -0.1) is 0 Å². The quantitative estimate of drug-likeness (QED) is 0.421. The van der Waals surface area contributed by atoms with E-state index in [0.717, 1.165) is 22.2 Å². The highest BCUT2D eigenvalue weighted by atomic mass is 16.2. The van der Waals surface area contributed by atoms with Crippen LogP contribution in [0.25, 0.3) is 11.0 Å². The average Bonchev–Trinajstić information content (AvgIpc) is 3.42. The van der Waals surface area contributed by atoms with Crippen LogP contribution >= 0.6 is 0 Å². The third-order valence-electron chi connectivity index (χ3n) is 6.32. The Bertz CT molecular complexity index is 1300. The Morgan fingerprint density at radius 1 is 1.00 bits per heavy atom. The molecule has 1 aromatic heterocycles. The summed E-state index contributed by atoms with van der Waals surface area (Å²) in [7, 11) is 0. The van der Waals surface area contributed by atoms with Crippen LogP contribution in [0.3, 0.4) is 0 Å². The molecule has 6 nitrogen and oxygen atoms in total. The van der Waals surface area contributed by atoms with Gasteiger partial charge in [0.25, 0.3) is 5.91 Å². The van der Waals surface area contributed by atoms with Crippen LogP contribution in [0.1, 0.15) is 53.6 Å². The predicted octanol–water partition coefficient (Wildman–Crippen LogP) is 4.84. The fourth-order valence-electron chi connectivity index (χ4n) is 4.65. The van der Waals surface area contributed by atoms with E-state index in [9.17, 15) is 9.59 Å². The number of aromatic amines is 1. The first kappa shape index (κ1) is 21.9. The van der Waals surface area contributed by atoms with Crippen LogP contribution in [0.4, 0.5) is 0 Å². The van der Waals surface area contributed by atoms with Crippen molar-refractivity contribution in [2.24, 2.45) is 5.92 Å². The highest BCUT2D eigenvalue weighted by Crippen LogP contribution is 2.28. The van der Waals surface area contributed by atoms with Gasteiger partial charge in [-0.2, -0.15) is 0 Å². The van der Waals surface area contributed by atoms with Crippen LogP contribution in [-0.4, -0.2) is 32.7 Å². The molecule has 2 N–H and O–H groups in total. The van der Waals surface area contributed by atoms with E-state index in [0.29, 0.717) is 24.4 Å². The largest absolute Gasteiger partial charge is 0.340 e. The molecule has 4 aromatic rings. The summed E-state index contributed by atoms with van der Waals surface area (Å²) in [4.78, 5) is 36.8. The molecule has 6 heteroatoms. The summed E-state index contributed by atoms with van der Waals surface area (Å²) in [6.45, 7) is 4.59. The minimum atomic E-state index is -0.574. The molecule has 0 radical (unpaired) electrons. The third kappa shape index (κ3) is 4.19. The van der Waals surface area contributed by atoms with Gasteiger partial charge in [0, 0.05) is 12.1 Å². The summed E-state index contributed by atoms with van der Waals surface area (Å²) in [5, 5.41) is 3.21. The number of imidazole rings is 1. The number of carbonyl (C=O) groups excluding carboxylic acids is 2. The van der Waals surface area contributed by atoms with Crippen molar-refractivity contribution in [3.8, 4) is 0 Å². The number of rotatable bonds is 7. The van der Waals surface area contributed by atoms with Gasteiger partial charge in [-0.3, -0.25) is 9.59 Å². The van der Waals surface area contributed by atoms with Gasteiger partial charge in [-0.1, -0.05) is 74.5 Å². The molecule has 2 amide bonds. The van der Waals surface area contributed by atoms with Gasteiger partial charge in [-0.05, 0) is 41.7 Å². The number of hydrogen-bond donors (Lipinski definition) is 2. The minimum absolute atomic E-state index is 0.0867. The van der Waals surface area contributed by atoms with Gasteiger partial charge >= 0.3 is 0 Å². The summed E-state index contributed by atoms with van der Waals surface area (Å²) < 4.78 is 0. The number of nitrogens with one attached hydrogen (secondary N) is 2. The molecule has 1 aliphatic rings. The lowest BCUT2D eigenvalue weighted by atomic mass is 10.00. The summed E-state index contributed by atoms with van der Waals surface area (Å²) in [6.07, 6.45) is 0.577. The molecule has 172 valence electrons. The molecule has 2 atom stereocenters. The van der Waals surface area contributed by atoms with Gasteiger partial charge in [0.1, 0.15) is 17.9 Å². The Morgan fingerprint density at radius 2 is 1.71 bits per heavy atom. The van der Waals surface area contributed by atoms with Gasteiger partial charge in [0.15, 0.2) is 0 Å². The Balaban J connectivity index is 1.48. The molecule has 3 aromatic carbocycles. The zero-order valence-corrected chi connectivity index (χ0v) is 19.4. The van der Waals surface area contributed by atoms with E-state index in [1.807, 2.05) is 78.9 Å². The van der Waals surface area contributed by atoms with Crippen molar-refractivity contribution in [1.29, 1.82) is 0 Å². The molecule has 2 unspecified atom stereocenters. The number of aromatic nitrogens is 2. The molecular formula is C28H28N4O2. The van der Waals surface area contributed by atoms with Gasteiger partial charge in [0.05, 0.1) is 11.0 Å². The highest BCUT2D eigenvalue weighted by molar-refractivity contribution is 6.01.